The Morgan fingerprint density at radius 3 is 0.870 bits per heavy atom. The highest BCUT2D eigenvalue weighted by Gasteiger charge is 2.19. The van der Waals surface area contributed by atoms with Crippen LogP contribution in [0.4, 0.5) is 0 Å². The Morgan fingerprint density at radius 2 is 0.532 bits per heavy atom. The van der Waals surface area contributed by atoms with Crippen molar-refractivity contribution in [1.29, 1.82) is 0 Å². The standard InChI is InChI=1S/C71H124O6/c1-4-7-10-13-16-19-22-25-28-31-34-35-38-41-44-47-50-53-56-59-62-65-71(74)77-68(66-75-69(72)63-60-57-54-51-48-45-42-39-36-32-29-26-23-20-17-14-11-8-5-2)67-76-70(73)64-61-58-55-52-49-46-43-40-37-33-30-27-24-21-18-15-12-9-6-3/h8,11,17,20,26-27,29-30,36,39,45,48,54,57,68H,4-7,9-10,12-16,18-19,21-25,28,31-35,37-38,40-44,46-47,49-53,55-56,58-67H2,1-3H3/b11-8-,20-17-,29-26-,30-27-,39-36-,48-45-,57-54-/t68-/m1/s1. The smallest absolute Gasteiger partial charge is 0.306 e. The molecule has 0 rings (SSSR count). The first kappa shape index (κ1) is 73.6. The number of carbonyl (C=O) groups is 3. The minimum absolute atomic E-state index is 0.0980. The van der Waals surface area contributed by atoms with E-state index in [1.165, 1.54) is 205 Å². The van der Waals surface area contributed by atoms with Crippen LogP contribution < -0.4 is 0 Å². The van der Waals surface area contributed by atoms with Gasteiger partial charge in [-0.2, -0.15) is 0 Å². The van der Waals surface area contributed by atoms with Gasteiger partial charge in [-0.1, -0.05) is 311 Å². The van der Waals surface area contributed by atoms with Crippen LogP contribution in [0.5, 0.6) is 0 Å². The van der Waals surface area contributed by atoms with E-state index in [2.05, 4.69) is 99.8 Å². The molecule has 77 heavy (non-hydrogen) atoms. The molecule has 444 valence electrons. The first-order valence-electron chi connectivity index (χ1n) is 33.1. The monoisotopic (exact) mass is 1070 g/mol. The van der Waals surface area contributed by atoms with E-state index in [4.69, 9.17) is 14.2 Å². The summed E-state index contributed by atoms with van der Waals surface area (Å²) in [4.78, 5) is 38.3. The minimum atomic E-state index is -0.808. The molecule has 6 nitrogen and oxygen atoms in total. The summed E-state index contributed by atoms with van der Waals surface area (Å²) < 4.78 is 16.9. The number of rotatable bonds is 60. The predicted molar refractivity (Wildman–Crippen MR) is 334 cm³/mol. The van der Waals surface area contributed by atoms with Gasteiger partial charge >= 0.3 is 17.9 Å². The number of allylic oxidation sites excluding steroid dienone is 14. The molecule has 0 fully saturated rings. The van der Waals surface area contributed by atoms with Crippen molar-refractivity contribution in [3.63, 3.8) is 0 Å². The molecular formula is C71H124O6. The summed E-state index contributed by atoms with van der Waals surface area (Å²) in [5.41, 5.74) is 0. The number of ether oxygens (including phenoxy) is 3. The molecule has 0 bridgehead atoms. The highest BCUT2D eigenvalue weighted by atomic mass is 16.6. The maximum absolute atomic E-state index is 12.9. The molecule has 0 saturated carbocycles. The van der Waals surface area contributed by atoms with Gasteiger partial charge in [-0.25, -0.2) is 0 Å². The van der Waals surface area contributed by atoms with Crippen LogP contribution in [0.3, 0.4) is 0 Å². The predicted octanol–water partition coefficient (Wildman–Crippen LogP) is 22.7. The van der Waals surface area contributed by atoms with Crippen molar-refractivity contribution in [3.8, 4) is 0 Å². The van der Waals surface area contributed by atoms with Gasteiger partial charge in [-0.3, -0.25) is 14.4 Å². The van der Waals surface area contributed by atoms with E-state index >= 15 is 0 Å². The van der Waals surface area contributed by atoms with Crippen molar-refractivity contribution in [2.45, 2.75) is 335 Å². The van der Waals surface area contributed by atoms with Crippen LogP contribution in [-0.2, 0) is 28.6 Å². The zero-order valence-corrected chi connectivity index (χ0v) is 51.0. The molecule has 0 radical (unpaired) electrons. The fourth-order valence-electron chi connectivity index (χ4n) is 9.47. The largest absolute Gasteiger partial charge is 0.462 e. The normalized spacial score (nSPS) is 12.6. The number of hydrogen-bond donors (Lipinski definition) is 0. The lowest BCUT2D eigenvalue weighted by Gasteiger charge is -2.18. The fraction of sp³-hybridized carbons (Fsp3) is 0.761. The van der Waals surface area contributed by atoms with E-state index in [1.807, 2.05) is 6.08 Å². The Morgan fingerprint density at radius 1 is 0.273 bits per heavy atom. The molecule has 0 aromatic rings. The van der Waals surface area contributed by atoms with Crippen LogP contribution in [0, 0.1) is 0 Å². The Labute approximate surface area is 477 Å². The molecule has 0 amide bonds. The molecule has 0 aliphatic carbocycles. The first-order chi connectivity index (χ1) is 38.0. The lowest BCUT2D eigenvalue weighted by molar-refractivity contribution is -0.166. The second kappa shape index (κ2) is 65.1. The number of unbranched alkanes of at least 4 members (excludes halogenated alkanes) is 35. The van der Waals surface area contributed by atoms with Gasteiger partial charge in [0.15, 0.2) is 6.10 Å². The summed E-state index contributed by atoms with van der Waals surface area (Å²) in [7, 11) is 0. The molecule has 0 aliphatic heterocycles. The molecule has 0 saturated heterocycles. The van der Waals surface area contributed by atoms with Crippen LogP contribution in [0.2, 0.25) is 0 Å². The summed E-state index contributed by atoms with van der Waals surface area (Å²) in [6.45, 7) is 6.50. The third kappa shape index (κ3) is 63.3. The average Bonchev–Trinajstić information content (AvgIpc) is 3.43. The molecule has 0 spiro atoms. The van der Waals surface area contributed by atoms with Gasteiger partial charge in [0.1, 0.15) is 13.2 Å². The highest BCUT2D eigenvalue weighted by Crippen LogP contribution is 2.17. The van der Waals surface area contributed by atoms with Crippen molar-refractivity contribution < 1.29 is 28.6 Å². The highest BCUT2D eigenvalue weighted by molar-refractivity contribution is 5.71. The quantitative estimate of drug-likeness (QED) is 0.0261. The van der Waals surface area contributed by atoms with Gasteiger partial charge in [-0.05, 0) is 83.5 Å². The third-order valence-corrected chi connectivity index (χ3v) is 14.4. The fourth-order valence-corrected chi connectivity index (χ4v) is 9.47. The van der Waals surface area contributed by atoms with Crippen molar-refractivity contribution in [1.82, 2.24) is 0 Å². The van der Waals surface area contributed by atoms with Crippen LogP contribution in [0.1, 0.15) is 329 Å². The van der Waals surface area contributed by atoms with Crippen LogP contribution in [0.25, 0.3) is 0 Å². The molecule has 0 N–H and O–H groups in total. The summed E-state index contributed by atoms with van der Waals surface area (Å²) in [5.74, 6) is -0.971. The molecule has 0 aliphatic rings. The van der Waals surface area contributed by atoms with E-state index < -0.39 is 6.10 Å². The molecular weight excluding hydrogens is 949 g/mol. The van der Waals surface area contributed by atoms with Gasteiger partial charge in [0, 0.05) is 19.3 Å². The number of hydrogen-bond acceptors (Lipinski definition) is 6. The van der Waals surface area contributed by atoms with E-state index in [0.29, 0.717) is 19.3 Å². The van der Waals surface area contributed by atoms with E-state index in [0.717, 1.165) is 77.0 Å². The Kier molecular flexibility index (Phi) is 62.2. The average molecular weight is 1070 g/mol. The van der Waals surface area contributed by atoms with Gasteiger partial charge in [0.25, 0.3) is 0 Å². The van der Waals surface area contributed by atoms with Crippen LogP contribution >= 0.6 is 0 Å². The first-order valence-corrected chi connectivity index (χ1v) is 33.1. The van der Waals surface area contributed by atoms with Crippen LogP contribution in [-0.4, -0.2) is 37.2 Å². The van der Waals surface area contributed by atoms with Crippen molar-refractivity contribution in [3.05, 3.63) is 85.1 Å². The molecule has 0 unspecified atom stereocenters. The third-order valence-electron chi connectivity index (χ3n) is 14.4. The van der Waals surface area contributed by atoms with E-state index in [9.17, 15) is 14.4 Å². The Hall–Kier alpha value is -3.41. The van der Waals surface area contributed by atoms with Crippen molar-refractivity contribution in [2.75, 3.05) is 13.2 Å². The zero-order valence-electron chi connectivity index (χ0n) is 51.0. The molecule has 0 aromatic carbocycles. The van der Waals surface area contributed by atoms with Gasteiger partial charge in [-0.15, -0.1) is 0 Å². The zero-order chi connectivity index (χ0) is 55.7. The SMILES string of the molecule is CC/C=C\C/C=C\C/C=C\C/C=C\C/C=C\C/C=C\CCC(=O)OC[C@H](COC(=O)CCCCCCCCCCC/C=C\CCCCCCCC)OC(=O)CCCCCCCCCCCCCCCCCCCCCCC. The summed E-state index contributed by atoms with van der Waals surface area (Å²) in [6.07, 6.45) is 86.1. The molecule has 1 atom stereocenters. The van der Waals surface area contributed by atoms with Gasteiger partial charge in [0.2, 0.25) is 0 Å². The van der Waals surface area contributed by atoms with E-state index in [-0.39, 0.29) is 37.5 Å². The molecule has 0 aromatic heterocycles. The molecule has 6 heteroatoms. The second-order valence-electron chi connectivity index (χ2n) is 22.0. The maximum Gasteiger partial charge on any atom is 0.306 e. The minimum Gasteiger partial charge on any atom is -0.462 e. The summed E-state index contributed by atoms with van der Waals surface area (Å²) in [6, 6.07) is 0. The Bertz CT molecular complexity index is 1470. The van der Waals surface area contributed by atoms with Gasteiger partial charge < -0.3 is 14.2 Å². The Balaban J connectivity index is 4.44. The second-order valence-corrected chi connectivity index (χ2v) is 22.0. The lowest BCUT2D eigenvalue weighted by Crippen LogP contribution is -2.30. The van der Waals surface area contributed by atoms with Gasteiger partial charge in [0.05, 0.1) is 0 Å². The summed E-state index contributed by atoms with van der Waals surface area (Å²) in [5, 5.41) is 0. The topological polar surface area (TPSA) is 78.9 Å². The number of esters is 3. The molecule has 0 heterocycles. The maximum atomic E-state index is 12.9. The van der Waals surface area contributed by atoms with Crippen molar-refractivity contribution >= 4 is 17.9 Å². The van der Waals surface area contributed by atoms with Crippen LogP contribution in [0.15, 0.2) is 85.1 Å². The number of carbonyl (C=O) groups excluding carboxylic acids is 3. The lowest BCUT2D eigenvalue weighted by atomic mass is 10.0. The van der Waals surface area contributed by atoms with Crippen molar-refractivity contribution in [2.24, 2.45) is 0 Å². The van der Waals surface area contributed by atoms with E-state index in [1.54, 1.807) is 0 Å². The summed E-state index contributed by atoms with van der Waals surface area (Å²) >= 11 is 0.